The first-order valence-electron chi connectivity index (χ1n) is 7.20. The third-order valence-corrected chi connectivity index (χ3v) is 3.68. The minimum absolute atomic E-state index is 0.0342. The van der Waals surface area contributed by atoms with E-state index in [1.807, 2.05) is 31.3 Å². The van der Waals surface area contributed by atoms with Crippen molar-refractivity contribution in [1.29, 1.82) is 0 Å². The van der Waals surface area contributed by atoms with Gasteiger partial charge in [-0.25, -0.2) is 4.39 Å². The summed E-state index contributed by atoms with van der Waals surface area (Å²) in [5.74, 6) is -0.380. The minimum atomic E-state index is -0.380. The number of nitrogens with zero attached hydrogens (tertiary/aromatic N) is 1. The maximum Gasteiger partial charge on any atom is 0.142 e. The van der Waals surface area contributed by atoms with Gasteiger partial charge in [0.15, 0.2) is 0 Å². The second-order valence-electron chi connectivity index (χ2n) is 5.21. The lowest BCUT2D eigenvalue weighted by Crippen LogP contribution is -2.24. The number of benzene rings is 1. The monoisotopic (exact) mass is 306 g/mol. The maximum atomic E-state index is 13.7. The largest absolute Gasteiger partial charge is 0.310 e. The molecule has 1 unspecified atom stereocenters. The van der Waals surface area contributed by atoms with Crippen LogP contribution in [0, 0.1) is 12.7 Å². The zero-order chi connectivity index (χ0) is 15.2. The molecule has 0 saturated carbocycles. The molecule has 0 spiro atoms. The highest BCUT2D eigenvalue weighted by Crippen LogP contribution is 2.22. The summed E-state index contributed by atoms with van der Waals surface area (Å²) >= 11 is 5.76. The average molecular weight is 307 g/mol. The van der Waals surface area contributed by atoms with E-state index in [0.29, 0.717) is 0 Å². The van der Waals surface area contributed by atoms with Gasteiger partial charge in [0.05, 0.1) is 5.02 Å². The molecule has 0 aliphatic rings. The summed E-state index contributed by atoms with van der Waals surface area (Å²) in [4.78, 5) is 4.43. The lowest BCUT2D eigenvalue weighted by molar-refractivity contribution is 0.519. The molecule has 2 aromatic rings. The van der Waals surface area contributed by atoms with Crippen LogP contribution in [-0.2, 0) is 6.42 Å². The molecule has 0 bridgehead atoms. The number of rotatable bonds is 6. The molecule has 21 heavy (non-hydrogen) atoms. The summed E-state index contributed by atoms with van der Waals surface area (Å²) in [5.41, 5.74) is 3.02. The molecule has 1 heterocycles. The molecule has 1 aromatic carbocycles. The second kappa shape index (κ2) is 7.53. The second-order valence-corrected chi connectivity index (χ2v) is 5.62. The van der Waals surface area contributed by atoms with E-state index in [4.69, 9.17) is 11.6 Å². The van der Waals surface area contributed by atoms with Crippen LogP contribution in [0.15, 0.2) is 36.5 Å². The number of nitrogens with one attached hydrogen (secondary N) is 1. The van der Waals surface area contributed by atoms with Gasteiger partial charge >= 0.3 is 0 Å². The zero-order valence-electron chi connectivity index (χ0n) is 12.4. The van der Waals surface area contributed by atoms with Gasteiger partial charge < -0.3 is 5.32 Å². The van der Waals surface area contributed by atoms with Crippen molar-refractivity contribution < 1.29 is 4.39 Å². The summed E-state index contributed by atoms with van der Waals surface area (Å²) in [7, 11) is 0. The van der Waals surface area contributed by atoms with Crippen LogP contribution in [0.3, 0.4) is 0 Å². The minimum Gasteiger partial charge on any atom is -0.310 e. The molecule has 0 saturated heterocycles. The Morgan fingerprint density at radius 2 is 2.10 bits per heavy atom. The molecule has 1 atom stereocenters. The van der Waals surface area contributed by atoms with Crippen molar-refractivity contribution in [2.45, 2.75) is 32.7 Å². The topological polar surface area (TPSA) is 24.9 Å². The van der Waals surface area contributed by atoms with Gasteiger partial charge in [-0.15, -0.1) is 0 Å². The molecule has 0 aliphatic heterocycles. The Labute approximate surface area is 130 Å². The molecule has 1 aromatic heterocycles. The molecule has 0 fully saturated rings. The van der Waals surface area contributed by atoms with Gasteiger partial charge in [-0.2, -0.15) is 0 Å². The highest BCUT2D eigenvalue weighted by atomic mass is 35.5. The lowest BCUT2D eigenvalue weighted by atomic mass is 10.0. The van der Waals surface area contributed by atoms with Gasteiger partial charge in [0, 0.05) is 24.4 Å². The third kappa shape index (κ3) is 4.51. The fourth-order valence-electron chi connectivity index (χ4n) is 2.18. The van der Waals surface area contributed by atoms with E-state index in [9.17, 15) is 4.39 Å². The predicted octanol–water partition coefficient (Wildman–Crippen LogP) is 4.47. The molecule has 4 heteroatoms. The molecular weight excluding hydrogens is 287 g/mol. The van der Waals surface area contributed by atoms with Crippen LogP contribution < -0.4 is 5.32 Å². The molecule has 1 N–H and O–H groups in total. The Morgan fingerprint density at radius 3 is 2.71 bits per heavy atom. The van der Waals surface area contributed by atoms with E-state index in [0.717, 1.165) is 36.2 Å². The Balaban J connectivity index is 2.20. The lowest BCUT2D eigenvalue weighted by Gasteiger charge is -2.19. The van der Waals surface area contributed by atoms with E-state index in [1.165, 1.54) is 6.07 Å². The van der Waals surface area contributed by atoms with E-state index in [-0.39, 0.29) is 16.9 Å². The van der Waals surface area contributed by atoms with Crippen LogP contribution >= 0.6 is 11.6 Å². The third-order valence-electron chi connectivity index (χ3n) is 3.37. The number of hydrogen-bond donors (Lipinski definition) is 1. The summed E-state index contributed by atoms with van der Waals surface area (Å²) in [5, 5.41) is 3.60. The van der Waals surface area contributed by atoms with Gasteiger partial charge in [0.2, 0.25) is 0 Å². The van der Waals surface area contributed by atoms with Crippen LogP contribution in [0.2, 0.25) is 5.02 Å². The summed E-state index contributed by atoms with van der Waals surface area (Å²) in [6, 6.07) is 9.07. The Hall–Kier alpha value is -1.45. The Morgan fingerprint density at radius 1 is 1.29 bits per heavy atom. The van der Waals surface area contributed by atoms with E-state index < -0.39 is 0 Å². The number of aryl methyl sites for hydroxylation is 1. The van der Waals surface area contributed by atoms with Crippen molar-refractivity contribution in [3.8, 4) is 0 Å². The summed E-state index contributed by atoms with van der Waals surface area (Å²) < 4.78 is 13.7. The quantitative estimate of drug-likeness (QED) is 0.852. The highest BCUT2D eigenvalue weighted by molar-refractivity contribution is 6.30. The molecule has 112 valence electrons. The van der Waals surface area contributed by atoms with E-state index in [1.54, 1.807) is 6.07 Å². The molecule has 2 nitrogen and oxygen atoms in total. The summed E-state index contributed by atoms with van der Waals surface area (Å²) in [6.45, 7) is 5.00. The molecule has 0 amide bonds. The molecule has 0 aliphatic carbocycles. The highest BCUT2D eigenvalue weighted by Gasteiger charge is 2.14. The maximum absolute atomic E-state index is 13.7. The standard InChI is InChI=1S/C17H20ClFN2/c1-3-8-20-17(10-14-6-4-12(2)11-21-14)13-5-7-15(18)16(19)9-13/h4-7,9,11,17,20H,3,8,10H2,1-2H3. The number of pyridine rings is 1. The first-order valence-corrected chi connectivity index (χ1v) is 7.57. The number of aromatic nitrogens is 1. The zero-order valence-corrected chi connectivity index (χ0v) is 13.1. The van der Waals surface area contributed by atoms with Crippen molar-refractivity contribution in [2.24, 2.45) is 0 Å². The Bertz CT molecular complexity index is 584. The van der Waals surface area contributed by atoms with Gasteiger partial charge in [-0.3, -0.25) is 4.98 Å². The smallest absolute Gasteiger partial charge is 0.142 e. The van der Waals surface area contributed by atoms with Crippen LogP contribution in [0.4, 0.5) is 4.39 Å². The SMILES string of the molecule is CCCNC(Cc1ccc(C)cn1)c1ccc(Cl)c(F)c1. The first kappa shape index (κ1) is 15.9. The average Bonchev–Trinajstić information content (AvgIpc) is 2.48. The van der Waals surface area contributed by atoms with E-state index in [2.05, 4.69) is 17.2 Å². The van der Waals surface area contributed by atoms with Crippen molar-refractivity contribution in [3.05, 3.63) is 64.2 Å². The fourth-order valence-corrected chi connectivity index (χ4v) is 2.30. The van der Waals surface area contributed by atoms with Gasteiger partial charge in [-0.1, -0.05) is 30.7 Å². The normalized spacial score (nSPS) is 12.4. The van der Waals surface area contributed by atoms with Crippen LogP contribution in [0.5, 0.6) is 0 Å². The van der Waals surface area contributed by atoms with Crippen molar-refractivity contribution in [3.63, 3.8) is 0 Å². The molecule has 0 radical (unpaired) electrons. The fraction of sp³-hybridized carbons (Fsp3) is 0.353. The number of hydrogen-bond acceptors (Lipinski definition) is 2. The van der Waals surface area contributed by atoms with Crippen LogP contribution in [-0.4, -0.2) is 11.5 Å². The van der Waals surface area contributed by atoms with Gasteiger partial charge in [-0.05, 0) is 49.2 Å². The van der Waals surface area contributed by atoms with Crippen molar-refractivity contribution >= 4 is 11.6 Å². The first-order chi connectivity index (χ1) is 10.1. The van der Waals surface area contributed by atoms with Gasteiger partial charge in [0.1, 0.15) is 5.82 Å². The van der Waals surface area contributed by atoms with Gasteiger partial charge in [0.25, 0.3) is 0 Å². The number of halogens is 2. The van der Waals surface area contributed by atoms with E-state index >= 15 is 0 Å². The predicted molar refractivity (Wildman–Crippen MR) is 85.1 cm³/mol. The molecule has 2 rings (SSSR count). The van der Waals surface area contributed by atoms with Crippen LogP contribution in [0.1, 0.15) is 36.2 Å². The van der Waals surface area contributed by atoms with Crippen LogP contribution in [0.25, 0.3) is 0 Å². The van der Waals surface area contributed by atoms with Crippen molar-refractivity contribution in [2.75, 3.05) is 6.54 Å². The summed E-state index contributed by atoms with van der Waals surface area (Å²) in [6.07, 6.45) is 3.60. The Kier molecular flexibility index (Phi) is 5.71. The molecular formula is C17H20ClFN2. The van der Waals surface area contributed by atoms with Crippen molar-refractivity contribution in [1.82, 2.24) is 10.3 Å².